The summed E-state index contributed by atoms with van der Waals surface area (Å²) in [4.78, 5) is 15.4. The van der Waals surface area contributed by atoms with Gasteiger partial charge in [0, 0.05) is 12.6 Å². The minimum Gasteiger partial charge on any atom is -0.489 e. The van der Waals surface area contributed by atoms with Gasteiger partial charge in [0.2, 0.25) is 0 Å². The highest BCUT2D eigenvalue weighted by Crippen LogP contribution is 2.27. The van der Waals surface area contributed by atoms with Crippen molar-refractivity contribution in [3.8, 4) is 11.8 Å². The quantitative estimate of drug-likeness (QED) is 0.936. The van der Waals surface area contributed by atoms with E-state index in [2.05, 4.69) is 4.98 Å². The molecule has 0 saturated carbocycles. The summed E-state index contributed by atoms with van der Waals surface area (Å²) in [5, 5.41) is 17.9. The number of rotatable bonds is 4. The molecular weight excluding hydrogens is 280 g/mol. The Hall–Kier alpha value is -3.13. The number of carboxylic acids is 1. The van der Waals surface area contributed by atoms with E-state index >= 15 is 0 Å². The third kappa shape index (κ3) is 2.67. The maximum atomic E-state index is 11.2. The molecule has 0 aliphatic heterocycles. The molecule has 22 heavy (non-hydrogen) atoms. The smallest absolute Gasteiger partial charge is 0.336 e. The molecule has 0 amide bonds. The number of nitrogens with zero attached hydrogens (tertiary/aromatic N) is 2. The predicted molar refractivity (Wildman–Crippen MR) is 79.5 cm³/mol. The molecule has 3 rings (SSSR count). The minimum atomic E-state index is -0.943. The third-order valence-electron chi connectivity index (χ3n) is 3.47. The van der Waals surface area contributed by atoms with Crippen molar-refractivity contribution in [1.29, 1.82) is 5.26 Å². The Bertz CT molecular complexity index is 802. The monoisotopic (exact) mass is 292 g/mol. The van der Waals surface area contributed by atoms with Crippen molar-refractivity contribution < 1.29 is 14.6 Å². The van der Waals surface area contributed by atoms with E-state index in [4.69, 9.17) is 10.00 Å². The van der Waals surface area contributed by atoms with Crippen LogP contribution in [0.1, 0.15) is 27.2 Å². The topological polar surface area (TPSA) is 83.2 Å². The number of carbonyl (C=O) groups is 1. The van der Waals surface area contributed by atoms with Crippen molar-refractivity contribution in [2.45, 2.75) is 6.42 Å². The maximum Gasteiger partial charge on any atom is 0.336 e. The number of hydrogen-bond acceptors (Lipinski definition) is 4. The Morgan fingerprint density at radius 2 is 2.09 bits per heavy atom. The summed E-state index contributed by atoms with van der Waals surface area (Å²) in [5.74, 6) is -0.274. The second-order valence-electron chi connectivity index (χ2n) is 4.93. The van der Waals surface area contributed by atoms with E-state index < -0.39 is 5.97 Å². The van der Waals surface area contributed by atoms with Gasteiger partial charge in [-0.1, -0.05) is 0 Å². The van der Waals surface area contributed by atoms with Crippen molar-refractivity contribution in [3.63, 3.8) is 0 Å². The van der Waals surface area contributed by atoms with Gasteiger partial charge in [-0.15, -0.1) is 0 Å². The van der Waals surface area contributed by atoms with Crippen LogP contribution in [-0.2, 0) is 6.42 Å². The molecule has 1 aromatic carbocycles. The van der Waals surface area contributed by atoms with Crippen LogP contribution in [0.4, 0.5) is 0 Å². The van der Waals surface area contributed by atoms with Crippen LogP contribution >= 0.6 is 0 Å². The van der Waals surface area contributed by atoms with E-state index in [1.54, 1.807) is 24.3 Å². The van der Waals surface area contributed by atoms with Crippen LogP contribution < -0.4 is 4.74 Å². The van der Waals surface area contributed by atoms with Crippen molar-refractivity contribution in [1.82, 2.24) is 4.98 Å². The number of aromatic carboxylic acids is 1. The number of ether oxygens (including phenoxy) is 1. The molecule has 0 radical (unpaired) electrons. The molecule has 1 N–H and O–H groups in total. The number of pyridine rings is 1. The molecule has 1 aliphatic carbocycles. The van der Waals surface area contributed by atoms with Crippen LogP contribution in [0, 0.1) is 11.3 Å². The average molecular weight is 292 g/mol. The highest BCUT2D eigenvalue weighted by atomic mass is 16.5. The molecule has 2 aromatic rings. The Labute approximate surface area is 127 Å². The lowest BCUT2D eigenvalue weighted by atomic mass is 10.1. The van der Waals surface area contributed by atoms with Gasteiger partial charge in [-0.2, -0.15) is 5.26 Å². The largest absolute Gasteiger partial charge is 0.489 e. The summed E-state index contributed by atoms with van der Waals surface area (Å²) in [6.45, 7) is 0.362. The zero-order chi connectivity index (χ0) is 15.5. The lowest BCUT2D eigenvalue weighted by Crippen LogP contribution is -2.05. The van der Waals surface area contributed by atoms with Gasteiger partial charge in [-0.25, -0.2) is 4.79 Å². The Balaban J connectivity index is 1.69. The summed E-state index contributed by atoms with van der Waals surface area (Å²) < 4.78 is 5.67. The first kappa shape index (κ1) is 13.8. The number of benzene rings is 1. The molecule has 0 saturated heterocycles. The van der Waals surface area contributed by atoms with Gasteiger partial charge in [0.1, 0.15) is 12.4 Å². The van der Waals surface area contributed by atoms with Crippen LogP contribution in [0.5, 0.6) is 5.75 Å². The van der Waals surface area contributed by atoms with Gasteiger partial charge in [-0.3, -0.25) is 4.98 Å². The van der Waals surface area contributed by atoms with Crippen molar-refractivity contribution in [3.05, 3.63) is 64.5 Å². The van der Waals surface area contributed by atoms with E-state index in [1.807, 2.05) is 12.1 Å². The van der Waals surface area contributed by atoms with E-state index in [0.29, 0.717) is 30.0 Å². The average Bonchev–Trinajstić information content (AvgIpc) is 2.96. The Kier molecular flexibility index (Phi) is 3.58. The van der Waals surface area contributed by atoms with E-state index in [0.717, 1.165) is 11.1 Å². The van der Waals surface area contributed by atoms with Gasteiger partial charge in [0.15, 0.2) is 0 Å². The lowest BCUT2D eigenvalue weighted by Gasteiger charge is -2.07. The second-order valence-corrected chi connectivity index (χ2v) is 4.93. The van der Waals surface area contributed by atoms with E-state index in [-0.39, 0.29) is 5.56 Å². The highest BCUT2D eigenvalue weighted by Gasteiger charge is 2.20. The summed E-state index contributed by atoms with van der Waals surface area (Å²) in [6.07, 6.45) is 3.90. The van der Waals surface area contributed by atoms with Gasteiger partial charge >= 0.3 is 5.97 Å². The molecule has 5 heteroatoms. The Morgan fingerprint density at radius 3 is 2.77 bits per heavy atom. The van der Waals surface area contributed by atoms with Crippen LogP contribution in [0.2, 0.25) is 0 Å². The molecule has 5 nitrogen and oxygen atoms in total. The Morgan fingerprint density at radius 1 is 1.32 bits per heavy atom. The molecule has 0 bridgehead atoms. The first-order valence-electron chi connectivity index (χ1n) is 6.71. The fraction of sp³-hybridized carbons (Fsp3) is 0.118. The molecule has 0 unspecified atom stereocenters. The third-order valence-corrected chi connectivity index (χ3v) is 3.47. The molecule has 0 spiro atoms. The molecular formula is C17H12N2O3. The van der Waals surface area contributed by atoms with Gasteiger partial charge in [-0.05, 0) is 47.5 Å². The summed E-state index contributed by atoms with van der Waals surface area (Å²) in [7, 11) is 0. The zero-order valence-corrected chi connectivity index (χ0v) is 11.6. The fourth-order valence-electron chi connectivity index (χ4n) is 2.38. The molecule has 0 fully saturated rings. The van der Waals surface area contributed by atoms with Crippen LogP contribution in [0.25, 0.3) is 6.08 Å². The van der Waals surface area contributed by atoms with Crippen LogP contribution in [0.15, 0.2) is 42.1 Å². The molecule has 108 valence electrons. The maximum absolute atomic E-state index is 11.2. The molecule has 1 aromatic heterocycles. The van der Waals surface area contributed by atoms with Crippen LogP contribution in [-0.4, -0.2) is 22.7 Å². The van der Waals surface area contributed by atoms with Crippen molar-refractivity contribution >= 4 is 12.0 Å². The molecule has 0 atom stereocenters. The summed E-state index contributed by atoms with van der Waals surface area (Å²) >= 11 is 0. The SMILES string of the molecule is N#Cc1ccc(OCC2=Cc3nccc(C(=O)O)c3C2)cc1. The summed E-state index contributed by atoms with van der Waals surface area (Å²) in [6, 6.07) is 10.4. The molecule has 1 heterocycles. The van der Waals surface area contributed by atoms with E-state index in [1.165, 1.54) is 12.3 Å². The summed E-state index contributed by atoms with van der Waals surface area (Å²) in [5.41, 5.74) is 3.26. The molecule has 1 aliphatic rings. The predicted octanol–water partition coefficient (Wildman–Crippen LogP) is 2.67. The zero-order valence-electron chi connectivity index (χ0n) is 11.6. The number of hydrogen-bond donors (Lipinski definition) is 1. The first-order chi connectivity index (χ1) is 10.7. The van der Waals surface area contributed by atoms with Crippen molar-refractivity contribution in [2.75, 3.05) is 6.61 Å². The number of nitriles is 1. The van der Waals surface area contributed by atoms with Gasteiger partial charge < -0.3 is 9.84 Å². The fourth-order valence-corrected chi connectivity index (χ4v) is 2.38. The van der Waals surface area contributed by atoms with Crippen molar-refractivity contribution in [2.24, 2.45) is 0 Å². The number of aromatic nitrogens is 1. The van der Waals surface area contributed by atoms with Gasteiger partial charge in [0.05, 0.1) is 22.9 Å². The van der Waals surface area contributed by atoms with E-state index in [9.17, 15) is 9.90 Å². The standard InChI is InChI=1S/C17H12N2O3/c18-9-11-1-3-13(4-2-11)22-10-12-7-15-14(17(20)21)5-6-19-16(15)8-12/h1-6,8H,7,10H2,(H,20,21). The lowest BCUT2D eigenvalue weighted by molar-refractivity contribution is 0.0695. The minimum absolute atomic E-state index is 0.287. The normalized spacial score (nSPS) is 12.2. The second kappa shape index (κ2) is 5.70. The first-order valence-corrected chi connectivity index (χ1v) is 6.71. The van der Waals surface area contributed by atoms with Gasteiger partial charge in [0.25, 0.3) is 0 Å². The number of fused-ring (bicyclic) bond motifs is 1. The van der Waals surface area contributed by atoms with Crippen LogP contribution in [0.3, 0.4) is 0 Å². The highest BCUT2D eigenvalue weighted by molar-refractivity contribution is 5.91. The number of carboxylic acid groups (broad SMARTS) is 1.